The van der Waals surface area contributed by atoms with Crippen molar-refractivity contribution in [3.05, 3.63) is 101 Å². The van der Waals surface area contributed by atoms with Gasteiger partial charge in [0.2, 0.25) is 6.79 Å². The monoisotopic (exact) mass is 570 g/mol. The maximum absolute atomic E-state index is 13.4. The number of benzene rings is 4. The molecule has 0 aliphatic carbocycles. The predicted octanol–water partition coefficient (Wildman–Crippen LogP) is 6.41. The van der Waals surface area contributed by atoms with Crippen LogP contribution in [0.5, 0.6) is 40.2 Å². The van der Waals surface area contributed by atoms with Gasteiger partial charge in [0.1, 0.15) is 34.3 Å². The van der Waals surface area contributed by atoms with Gasteiger partial charge in [0.15, 0.2) is 17.3 Å². The molecule has 8 nitrogen and oxygen atoms in total. The molecule has 1 aliphatic heterocycles. The molecule has 4 aromatic carbocycles. The lowest BCUT2D eigenvalue weighted by molar-refractivity contribution is 0.0977. The Balaban J connectivity index is 1.48. The number of ether oxygens (including phenoxy) is 2. The summed E-state index contributed by atoms with van der Waals surface area (Å²) in [5.41, 5.74) is 2.45. The van der Waals surface area contributed by atoms with Crippen molar-refractivity contribution in [2.75, 3.05) is 6.79 Å². The molecule has 0 bridgehead atoms. The van der Waals surface area contributed by atoms with Gasteiger partial charge in [-0.2, -0.15) is 0 Å². The zero-order chi connectivity index (χ0) is 30.0. The molecule has 4 aromatic rings. The topological polar surface area (TPSA) is 137 Å². The molecule has 0 saturated carbocycles. The number of hydrogen-bond donors (Lipinski definition) is 5. The molecular formula is C34H34O8. The Labute approximate surface area is 244 Å². The van der Waals surface area contributed by atoms with E-state index in [0.717, 1.165) is 17.2 Å². The minimum absolute atomic E-state index is 0.00165. The second-order valence-corrected chi connectivity index (χ2v) is 10.9. The van der Waals surface area contributed by atoms with Gasteiger partial charge in [0.25, 0.3) is 0 Å². The molecule has 5 rings (SSSR count). The van der Waals surface area contributed by atoms with E-state index in [9.17, 15) is 30.3 Å². The van der Waals surface area contributed by atoms with E-state index in [1.807, 2.05) is 25.1 Å². The van der Waals surface area contributed by atoms with Gasteiger partial charge >= 0.3 is 0 Å². The molecule has 42 heavy (non-hydrogen) atoms. The number of phenolic OH excluding ortho intramolecular Hbond substituents is 5. The van der Waals surface area contributed by atoms with Crippen LogP contribution in [0.25, 0.3) is 0 Å². The summed E-state index contributed by atoms with van der Waals surface area (Å²) in [5, 5.41) is 52.9. The normalized spacial score (nSPS) is 14.3. The molecule has 3 atom stereocenters. The second-order valence-electron chi connectivity index (χ2n) is 10.9. The van der Waals surface area contributed by atoms with Crippen molar-refractivity contribution in [2.24, 2.45) is 11.8 Å². The number of ketones is 1. The van der Waals surface area contributed by atoms with Crippen LogP contribution in [-0.2, 0) is 12.8 Å². The summed E-state index contributed by atoms with van der Waals surface area (Å²) in [6.45, 7) is 4.19. The van der Waals surface area contributed by atoms with E-state index < -0.39 is 23.2 Å². The quantitative estimate of drug-likeness (QED) is 0.138. The van der Waals surface area contributed by atoms with Crippen LogP contribution in [-0.4, -0.2) is 38.1 Å². The van der Waals surface area contributed by atoms with Crippen LogP contribution < -0.4 is 9.47 Å². The third kappa shape index (κ3) is 5.93. The Morgan fingerprint density at radius 1 is 0.762 bits per heavy atom. The Morgan fingerprint density at radius 3 is 2.07 bits per heavy atom. The van der Waals surface area contributed by atoms with E-state index >= 15 is 0 Å². The lowest BCUT2D eigenvalue weighted by Gasteiger charge is -2.31. The lowest BCUT2D eigenvalue weighted by Crippen LogP contribution is -2.21. The average Bonchev–Trinajstić information content (AvgIpc) is 3.43. The van der Waals surface area contributed by atoms with Crippen molar-refractivity contribution in [1.82, 2.24) is 0 Å². The van der Waals surface area contributed by atoms with Crippen LogP contribution in [0.15, 0.2) is 72.8 Å². The zero-order valence-electron chi connectivity index (χ0n) is 23.4. The third-order valence-corrected chi connectivity index (χ3v) is 8.13. The molecular weight excluding hydrogens is 536 g/mol. The summed E-state index contributed by atoms with van der Waals surface area (Å²) >= 11 is 0. The fourth-order valence-electron chi connectivity index (χ4n) is 5.65. The number of carbonyl (C=O) groups excluding carboxylic acids is 1. The van der Waals surface area contributed by atoms with Crippen LogP contribution in [0.2, 0.25) is 0 Å². The molecule has 0 aromatic heterocycles. The van der Waals surface area contributed by atoms with E-state index in [1.54, 1.807) is 36.4 Å². The average molecular weight is 571 g/mol. The van der Waals surface area contributed by atoms with Gasteiger partial charge in [0.05, 0.1) is 0 Å². The third-order valence-electron chi connectivity index (χ3n) is 8.13. The summed E-state index contributed by atoms with van der Waals surface area (Å²) in [4.78, 5) is 13.4. The summed E-state index contributed by atoms with van der Waals surface area (Å²) in [5.74, 6) is -1.04. The summed E-state index contributed by atoms with van der Waals surface area (Å²) < 4.78 is 10.8. The maximum Gasteiger partial charge on any atom is 0.231 e. The predicted molar refractivity (Wildman–Crippen MR) is 157 cm³/mol. The molecule has 0 radical (unpaired) electrons. The first kappa shape index (κ1) is 28.7. The molecule has 5 N–H and O–H groups in total. The highest BCUT2D eigenvalue weighted by Gasteiger charge is 2.34. The molecule has 218 valence electrons. The summed E-state index contributed by atoms with van der Waals surface area (Å²) in [7, 11) is 0. The van der Waals surface area contributed by atoms with Crippen molar-refractivity contribution in [3.63, 3.8) is 0 Å². The SMILES string of the molecule is C[C@@H]([C@@H](c1ccc(O)cc1)c1c(O)cc(O)c(C(=O)CCc2ccc3c(c2)OCO3)c1O)[C@@H](C)Cc1ccc(O)cc1. The zero-order valence-corrected chi connectivity index (χ0v) is 23.4. The summed E-state index contributed by atoms with van der Waals surface area (Å²) in [6, 6.07) is 20.0. The van der Waals surface area contributed by atoms with E-state index in [2.05, 4.69) is 6.92 Å². The van der Waals surface area contributed by atoms with Gasteiger partial charge in [-0.3, -0.25) is 4.79 Å². The molecule has 0 amide bonds. The Kier molecular flexibility index (Phi) is 8.15. The highest BCUT2D eigenvalue weighted by atomic mass is 16.7. The lowest BCUT2D eigenvalue weighted by atomic mass is 9.73. The Hall–Kier alpha value is -4.85. The minimum atomic E-state index is -0.585. The van der Waals surface area contributed by atoms with Gasteiger partial charge in [-0.05, 0) is 77.8 Å². The van der Waals surface area contributed by atoms with Gasteiger partial charge in [-0.15, -0.1) is 0 Å². The number of aryl methyl sites for hydroxylation is 1. The minimum Gasteiger partial charge on any atom is -0.508 e. The maximum atomic E-state index is 13.4. The smallest absolute Gasteiger partial charge is 0.231 e. The van der Waals surface area contributed by atoms with Crippen LogP contribution >= 0.6 is 0 Å². The number of Topliss-reactive ketones (excluding diaryl/α,β-unsaturated/α-hetero) is 1. The standard InChI is InChI=1S/C34H34O8/c1-19(15-21-3-9-24(35)10-4-21)20(2)31(23-7-11-25(36)12-8-23)33-28(39)17-27(38)32(34(33)40)26(37)13-5-22-6-14-29-30(16-22)42-18-41-29/h3-4,6-12,14,16-17,19-20,31,35-36,38-40H,5,13,15,18H2,1-2H3/t19-,20+,31-/m0/s1. The van der Waals surface area contributed by atoms with Crippen molar-refractivity contribution in [3.8, 4) is 40.2 Å². The number of carbonyl (C=O) groups is 1. The molecule has 1 heterocycles. The van der Waals surface area contributed by atoms with Crippen LogP contribution in [0, 0.1) is 11.8 Å². The number of fused-ring (bicyclic) bond motifs is 1. The van der Waals surface area contributed by atoms with Crippen LogP contribution in [0.3, 0.4) is 0 Å². The fourth-order valence-corrected chi connectivity index (χ4v) is 5.65. The Morgan fingerprint density at radius 2 is 1.38 bits per heavy atom. The molecule has 0 fully saturated rings. The summed E-state index contributed by atoms with van der Waals surface area (Å²) in [6.07, 6.45) is 0.991. The van der Waals surface area contributed by atoms with E-state index in [4.69, 9.17) is 9.47 Å². The first-order valence-corrected chi connectivity index (χ1v) is 13.9. The van der Waals surface area contributed by atoms with Crippen molar-refractivity contribution in [2.45, 2.75) is 39.0 Å². The number of hydrogen-bond acceptors (Lipinski definition) is 8. The van der Waals surface area contributed by atoms with Crippen LogP contribution in [0.4, 0.5) is 0 Å². The van der Waals surface area contributed by atoms with Crippen LogP contribution in [0.1, 0.15) is 58.8 Å². The largest absolute Gasteiger partial charge is 0.508 e. The van der Waals surface area contributed by atoms with Gasteiger partial charge < -0.3 is 35.0 Å². The van der Waals surface area contributed by atoms with E-state index in [0.29, 0.717) is 29.9 Å². The number of rotatable bonds is 10. The van der Waals surface area contributed by atoms with E-state index in [-0.39, 0.29) is 53.4 Å². The van der Waals surface area contributed by atoms with E-state index in [1.165, 1.54) is 12.1 Å². The Bertz CT molecular complexity index is 1580. The van der Waals surface area contributed by atoms with Gasteiger partial charge in [0, 0.05) is 24.0 Å². The molecule has 1 aliphatic rings. The molecule has 8 heteroatoms. The highest BCUT2D eigenvalue weighted by Crippen LogP contribution is 2.49. The molecule has 0 unspecified atom stereocenters. The highest BCUT2D eigenvalue weighted by molar-refractivity contribution is 6.02. The second kappa shape index (κ2) is 11.9. The van der Waals surface area contributed by atoms with Gasteiger partial charge in [-0.25, -0.2) is 0 Å². The number of phenols is 5. The molecule has 0 saturated heterocycles. The first-order chi connectivity index (χ1) is 20.1. The van der Waals surface area contributed by atoms with Crippen molar-refractivity contribution < 1.29 is 39.8 Å². The fraction of sp³-hybridized carbons (Fsp3) is 0.265. The van der Waals surface area contributed by atoms with Gasteiger partial charge in [-0.1, -0.05) is 44.2 Å². The molecule has 0 spiro atoms. The van der Waals surface area contributed by atoms with Crippen molar-refractivity contribution in [1.29, 1.82) is 0 Å². The van der Waals surface area contributed by atoms with Crippen molar-refractivity contribution >= 4 is 5.78 Å². The number of aromatic hydroxyl groups is 5. The first-order valence-electron chi connectivity index (χ1n) is 13.9.